The summed E-state index contributed by atoms with van der Waals surface area (Å²) in [5.74, 6) is -0.385. The van der Waals surface area contributed by atoms with Crippen LogP contribution in [0, 0.1) is 12.7 Å². The molecule has 2 N–H and O–H groups in total. The Kier molecular flexibility index (Phi) is 4.51. The predicted octanol–water partition coefficient (Wildman–Crippen LogP) is 3.01. The van der Waals surface area contributed by atoms with Crippen molar-refractivity contribution in [1.82, 2.24) is 0 Å². The first-order valence-electron chi connectivity index (χ1n) is 5.97. The van der Waals surface area contributed by atoms with Gasteiger partial charge in [-0.05, 0) is 42.3 Å². The third-order valence-electron chi connectivity index (χ3n) is 2.78. The van der Waals surface area contributed by atoms with Crippen molar-refractivity contribution < 1.29 is 17.5 Å². The van der Waals surface area contributed by atoms with Gasteiger partial charge < -0.3 is 4.74 Å². The lowest BCUT2D eigenvalue weighted by atomic mass is 10.2. The van der Waals surface area contributed by atoms with Gasteiger partial charge in [0.25, 0.3) is 0 Å². The summed E-state index contributed by atoms with van der Waals surface area (Å²) in [6.45, 7) is 1.80. The topological polar surface area (TPSA) is 69.4 Å². The summed E-state index contributed by atoms with van der Waals surface area (Å²) in [7, 11) is -3.89. The van der Waals surface area contributed by atoms with Crippen LogP contribution in [0.3, 0.4) is 0 Å². The zero-order valence-electron chi connectivity index (χ0n) is 11.1. The van der Waals surface area contributed by atoms with Gasteiger partial charge in [-0.3, -0.25) is 0 Å². The van der Waals surface area contributed by atoms with E-state index in [4.69, 9.17) is 21.5 Å². The number of primary sulfonamides is 1. The van der Waals surface area contributed by atoms with Crippen molar-refractivity contribution in [3.63, 3.8) is 0 Å². The Labute approximate surface area is 127 Å². The number of benzene rings is 2. The summed E-state index contributed by atoms with van der Waals surface area (Å²) < 4.78 is 41.6. The van der Waals surface area contributed by atoms with Crippen LogP contribution in [0.5, 0.6) is 5.75 Å². The molecule has 4 nitrogen and oxygen atoms in total. The van der Waals surface area contributed by atoms with Gasteiger partial charge in [-0.1, -0.05) is 23.7 Å². The molecule has 0 spiro atoms. The standard InChI is InChI=1S/C14H13ClFNO3S/c1-9-2-5-13(14(6-9)21(17,18)19)20-8-10-3-4-12(16)11(15)7-10/h2-7H,8H2,1H3,(H2,17,18,19). The number of ether oxygens (including phenoxy) is 1. The number of rotatable bonds is 4. The fourth-order valence-electron chi connectivity index (χ4n) is 1.75. The zero-order valence-corrected chi connectivity index (χ0v) is 12.7. The second kappa shape index (κ2) is 6.01. The highest BCUT2D eigenvalue weighted by Crippen LogP contribution is 2.25. The van der Waals surface area contributed by atoms with Crippen LogP contribution in [-0.4, -0.2) is 8.42 Å². The van der Waals surface area contributed by atoms with E-state index >= 15 is 0 Å². The first-order valence-corrected chi connectivity index (χ1v) is 7.90. The van der Waals surface area contributed by atoms with Gasteiger partial charge in [0.1, 0.15) is 23.1 Å². The molecule has 0 aliphatic carbocycles. The minimum Gasteiger partial charge on any atom is -0.487 e. The molecular weight excluding hydrogens is 317 g/mol. The summed E-state index contributed by atoms with van der Waals surface area (Å²) in [5, 5.41) is 5.14. The van der Waals surface area contributed by atoms with E-state index in [0.717, 1.165) is 5.56 Å². The number of halogens is 2. The second-order valence-electron chi connectivity index (χ2n) is 4.53. The summed E-state index contributed by atoms with van der Waals surface area (Å²) >= 11 is 5.67. The maximum Gasteiger partial charge on any atom is 0.241 e. The predicted molar refractivity (Wildman–Crippen MR) is 78.3 cm³/mol. The number of sulfonamides is 1. The minimum absolute atomic E-state index is 0.0216. The molecule has 0 unspecified atom stereocenters. The Morgan fingerprint density at radius 1 is 1.24 bits per heavy atom. The summed E-state index contributed by atoms with van der Waals surface area (Å²) in [6, 6.07) is 8.81. The molecule has 2 rings (SSSR count). The van der Waals surface area contributed by atoms with Crippen molar-refractivity contribution in [2.24, 2.45) is 5.14 Å². The number of hydrogen-bond donors (Lipinski definition) is 1. The maximum absolute atomic E-state index is 13.1. The fraction of sp³-hybridized carbons (Fsp3) is 0.143. The molecular formula is C14H13ClFNO3S. The minimum atomic E-state index is -3.89. The fourth-order valence-corrected chi connectivity index (χ4v) is 2.71. The van der Waals surface area contributed by atoms with Gasteiger partial charge in [-0.25, -0.2) is 17.9 Å². The molecule has 0 atom stereocenters. The smallest absolute Gasteiger partial charge is 0.241 e. The van der Waals surface area contributed by atoms with Crippen molar-refractivity contribution in [1.29, 1.82) is 0 Å². The highest BCUT2D eigenvalue weighted by molar-refractivity contribution is 7.89. The van der Waals surface area contributed by atoms with Crippen LogP contribution >= 0.6 is 11.6 Å². The summed E-state index contributed by atoms with van der Waals surface area (Å²) in [5.41, 5.74) is 1.36. The van der Waals surface area contributed by atoms with Crippen LogP contribution in [0.1, 0.15) is 11.1 Å². The normalized spacial score (nSPS) is 11.4. The number of aryl methyl sites for hydroxylation is 1. The molecule has 21 heavy (non-hydrogen) atoms. The molecule has 0 amide bonds. The summed E-state index contributed by atoms with van der Waals surface area (Å²) in [4.78, 5) is -0.0873. The van der Waals surface area contributed by atoms with E-state index in [0.29, 0.717) is 5.56 Å². The first-order chi connectivity index (χ1) is 9.77. The Morgan fingerprint density at radius 3 is 2.57 bits per heavy atom. The molecule has 0 saturated carbocycles. The molecule has 2 aromatic rings. The molecule has 0 heterocycles. The van der Waals surface area contributed by atoms with Crippen molar-refractivity contribution in [3.05, 3.63) is 58.4 Å². The van der Waals surface area contributed by atoms with Crippen LogP contribution in [0.25, 0.3) is 0 Å². The lowest BCUT2D eigenvalue weighted by Crippen LogP contribution is -2.14. The highest BCUT2D eigenvalue weighted by atomic mass is 35.5. The van der Waals surface area contributed by atoms with E-state index in [-0.39, 0.29) is 22.3 Å². The third-order valence-corrected chi connectivity index (χ3v) is 4.01. The van der Waals surface area contributed by atoms with Crippen LogP contribution in [-0.2, 0) is 16.6 Å². The number of hydrogen-bond acceptors (Lipinski definition) is 3. The average molecular weight is 330 g/mol. The van der Waals surface area contributed by atoms with Crippen LogP contribution in [0.2, 0.25) is 5.02 Å². The Hall–Kier alpha value is -1.63. The van der Waals surface area contributed by atoms with Crippen LogP contribution in [0.15, 0.2) is 41.3 Å². The van der Waals surface area contributed by atoms with Gasteiger partial charge in [-0.15, -0.1) is 0 Å². The molecule has 7 heteroatoms. The van der Waals surface area contributed by atoms with Crippen molar-refractivity contribution in [2.45, 2.75) is 18.4 Å². The SMILES string of the molecule is Cc1ccc(OCc2ccc(F)c(Cl)c2)c(S(N)(=O)=O)c1. The lowest BCUT2D eigenvalue weighted by molar-refractivity contribution is 0.297. The Morgan fingerprint density at radius 2 is 1.95 bits per heavy atom. The van der Waals surface area contributed by atoms with Crippen molar-refractivity contribution in [3.8, 4) is 5.75 Å². The molecule has 0 saturated heterocycles. The van der Waals surface area contributed by atoms with Gasteiger partial charge in [-0.2, -0.15) is 0 Å². The van der Waals surface area contributed by atoms with Gasteiger partial charge in [0.2, 0.25) is 10.0 Å². The van der Waals surface area contributed by atoms with E-state index in [1.165, 1.54) is 30.3 Å². The van der Waals surface area contributed by atoms with E-state index in [9.17, 15) is 12.8 Å². The largest absolute Gasteiger partial charge is 0.487 e. The van der Waals surface area contributed by atoms with Gasteiger partial charge in [0.05, 0.1) is 5.02 Å². The Balaban J connectivity index is 2.26. The van der Waals surface area contributed by atoms with E-state index in [1.807, 2.05) is 0 Å². The third kappa shape index (κ3) is 3.93. The second-order valence-corrected chi connectivity index (χ2v) is 6.47. The molecule has 0 radical (unpaired) electrons. The van der Waals surface area contributed by atoms with Gasteiger partial charge in [0, 0.05) is 0 Å². The monoisotopic (exact) mass is 329 g/mol. The Bertz CT molecular complexity index is 778. The highest BCUT2D eigenvalue weighted by Gasteiger charge is 2.15. The molecule has 0 bridgehead atoms. The molecule has 0 aromatic heterocycles. The molecule has 0 aliphatic heterocycles. The summed E-state index contributed by atoms with van der Waals surface area (Å²) in [6.07, 6.45) is 0. The van der Waals surface area contributed by atoms with Crippen LogP contribution < -0.4 is 9.88 Å². The van der Waals surface area contributed by atoms with Gasteiger partial charge in [0.15, 0.2) is 0 Å². The van der Waals surface area contributed by atoms with Gasteiger partial charge >= 0.3 is 0 Å². The quantitative estimate of drug-likeness (QED) is 0.937. The van der Waals surface area contributed by atoms with E-state index in [2.05, 4.69) is 0 Å². The molecule has 0 fully saturated rings. The van der Waals surface area contributed by atoms with E-state index < -0.39 is 15.8 Å². The van der Waals surface area contributed by atoms with E-state index in [1.54, 1.807) is 13.0 Å². The number of nitrogens with two attached hydrogens (primary N) is 1. The average Bonchev–Trinajstić information content (AvgIpc) is 2.40. The van der Waals surface area contributed by atoms with Crippen LogP contribution in [0.4, 0.5) is 4.39 Å². The maximum atomic E-state index is 13.1. The van der Waals surface area contributed by atoms with Crippen molar-refractivity contribution >= 4 is 21.6 Å². The first kappa shape index (κ1) is 15.8. The molecule has 2 aromatic carbocycles. The molecule has 0 aliphatic rings. The van der Waals surface area contributed by atoms with Crippen molar-refractivity contribution in [2.75, 3.05) is 0 Å². The lowest BCUT2D eigenvalue weighted by Gasteiger charge is -2.11. The molecule has 112 valence electrons. The zero-order chi connectivity index (χ0) is 15.6.